The molecule has 138 valence electrons. The fourth-order valence-electron chi connectivity index (χ4n) is 2.43. The van der Waals surface area contributed by atoms with Crippen molar-refractivity contribution in [2.24, 2.45) is 5.73 Å². The van der Waals surface area contributed by atoms with E-state index in [-0.39, 0.29) is 11.3 Å². The Morgan fingerprint density at radius 3 is 2.23 bits per heavy atom. The Labute approximate surface area is 152 Å². The average Bonchev–Trinajstić information content (AvgIpc) is 2.59. The van der Waals surface area contributed by atoms with Gasteiger partial charge in [0, 0.05) is 0 Å². The van der Waals surface area contributed by atoms with E-state index in [1.165, 1.54) is 12.1 Å². The Hall–Kier alpha value is -2.87. The van der Waals surface area contributed by atoms with Crippen LogP contribution in [0.25, 0.3) is 0 Å². The van der Waals surface area contributed by atoms with Crippen molar-refractivity contribution in [3.05, 3.63) is 59.7 Å². The van der Waals surface area contributed by atoms with Crippen LogP contribution in [0.3, 0.4) is 0 Å². The predicted octanol–water partition coefficient (Wildman–Crippen LogP) is 1.75. The van der Waals surface area contributed by atoms with Gasteiger partial charge in [0.2, 0.25) is 15.9 Å². The first-order valence-corrected chi connectivity index (χ1v) is 9.82. The van der Waals surface area contributed by atoms with Crippen LogP contribution in [0.5, 0.6) is 0 Å². The highest BCUT2D eigenvalue weighted by atomic mass is 32.2. The van der Waals surface area contributed by atoms with Crippen molar-refractivity contribution in [2.45, 2.75) is 13.3 Å². The summed E-state index contributed by atoms with van der Waals surface area (Å²) in [6, 6.07) is 13.2. The van der Waals surface area contributed by atoms with Crippen LogP contribution in [-0.2, 0) is 21.2 Å². The summed E-state index contributed by atoms with van der Waals surface area (Å²) < 4.78 is 25.3. The largest absolute Gasteiger partial charge is 0.366 e. The van der Waals surface area contributed by atoms with E-state index in [0.717, 1.165) is 22.5 Å². The van der Waals surface area contributed by atoms with E-state index in [0.29, 0.717) is 5.69 Å². The number of hydrogen-bond donors (Lipinski definition) is 2. The van der Waals surface area contributed by atoms with Gasteiger partial charge in [-0.2, -0.15) is 0 Å². The number of rotatable bonds is 7. The van der Waals surface area contributed by atoms with Gasteiger partial charge in [-0.25, -0.2) is 8.42 Å². The lowest BCUT2D eigenvalue weighted by Crippen LogP contribution is -2.37. The second kappa shape index (κ2) is 8.01. The van der Waals surface area contributed by atoms with Crippen LogP contribution in [0.4, 0.5) is 11.4 Å². The van der Waals surface area contributed by atoms with Crippen LogP contribution in [0, 0.1) is 0 Å². The quantitative estimate of drug-likeness (QED) is 0.768. The molecule has 0 aliphatic carbocycles. The molecule has 8 heteroatoms. The molecule has 0 saturated heterocycles. The Morgan fingerprint density at radius 1 is 1.08 bits per heavy atom. The van der Waals surface area contributed by atoms with Gasteiger partial charge in [-0.3, -0.25) is 13.9 Å². The molecule has 2 aromatic rings. The summed E-state index contributed by atoms with van der Waals surface area (Å²) >= 11 is 0. The summed E-state index contributed by atoms with van der Waals surface area (Å²) in [6.07, 6.45) is 1.86. The maximum absolute atomic E-state index is 12.4. The lowest BCUT2D eigenvalue weighted by molar-refractivity contribution is -0.114. The van der Waals surface area contributed by atoms with E-state index < -0.39 is 28.4 Å². The van der Waals surface area contributed by atoms with E-state index in [1.807, 2.05) is 19.1 Å². The van der Waals surface area contributed by atoms with Crippen LogP contribution in [-0.4, -0.2) is 33.0 Å². The summed E-state index contributed by atoms with van der Waals surface area (Å²) in [5, 5.41) is 2.54. The zero-order chi connectivity index (χ0) is 19.3. The normalized spacial score (nSPS) is 11.0. The van der Waals surface area contributed by atoms with Crippen LogP contribution in [0.1, 0.15) is 22.8 Å². The SMILES string of the molecule is CCc1ccc(N(CC(=O)Nc2ccccc2C(N)=O)S(C)(=O)=O)cc1. The zero-order valence-electron chi connectivity index (χ0n) is 14.6. The summed E-state index contributed by atoms with van der Waals surface area (Å²) in [7, 11) is -3.67. The van der Waals surface area contributed by atoms with Crippen LogP contribution >= 0.6 is 0 Å². The molecule has 0 bridgehead atoms. The standard InChI is InChI=1S/C18H21N3O4S/c1-3-13-8-10-14(11-9-13)21(26(2,24)25)12-17(22)20-16-7-5-4-6-15(16)18(19)23/h4-11H,3,12H2,1-2H3,(H2,19,23)(H,20,22). The van der Waals surface area contributed by atoms with Gasteiger partial charge in [-0.1, -0.05) is 31.2 Å². The van der Waals surface area contributed by atoms with E-state index in [9.17, 15) is 18.0 Å². The number of primary amides is 1. The number of aryl methyl sites for hydroxylation is 1. The minimum absolute atomic E-state index is 0.152. The van der Waals surface area contributed by atoms with Crippen LogP contribution in [0.15, 0.2) is 48.5 Å². The molecule has 26 heavy (non-hydrogen) atoms. The molecule has 0 heterocycles. The number of hydrogen-bond acceptors (Lipinski definition) is 4. The fourth-order valence-corrected chi connectivity index (χ4v) is 3.28. The lowest BCUT2D eigenvalue weighted by Gasteiger charge is -2.22. The second-order valence-electron chi connectivity index (χ2n) is 5.75. The number of carbonyl (C=O) groups is 2. The third kappa shape index (κ3) is 4.82. The topological polar surface area (TPSA) is 110 Å². The summed E-state index contributed by atoms with van der Waals surface area (Å²) in [5.74, 6) is -1.26. The fraction of sp³-hybridized carbons (Fsp3) is 0.222. The van der Waals surface area contributed by atoms with Crippen molar-refractivity contribution >= 4 is 33.2 Å². The molecule has 3 N–H and O–H groups in total. The number of anilines is 2. The molecular weight excluding hydrogens is 354 g/mol. The maximum Gasteiger partial charge on any atom is 0.250 e. The number of benzene rings is 2. The van der Waals surface area contributed by atoms with Crippen molar-refractivity contribution < 1.29 is 18.0 Å². The molecule has 0 saturated carbocycles. The van der Waals surface area contributed by atoms with E-state index in [4.69, 9.17) is 5.73 Å². The number of nitrogens with zero attached hydrogens (tertiary/aromatic N) is 1. The van der Waals surface area contributed by atoms with Gasteiger partial charge < -0.3 is 11.1 Å². The molecule has 0 radical (unpaired) electrons. The molecule has 2 aromatic carbocycles. The van der Waals surface area contributed by atoms with Crippen molar-refractivity contribution in [3.63, 3.8) is 0 Å². The Bertz CT molecular complexity index is 908. The molecule has 0 aromatic heterocycles. The van der Waals surface area contributed by atoms with Crippen molar-refractivity contribution in [3.8, 4) is 0 Å². The van der Waals surface area contributed by atoms with E-state index in [2.05, 4.69) is 5.32 Å². The Morgan fingerprint density at radius 2 is 1.69 bits per heavy atom. The smallest absolute Gasteiger partial charge is 0.250 e. The minimum Gasteiger partial charge on any atom is -0.366 e. The third-order valence-corrected chi connectivity index (χ3v) is 4.93. The number of para-hydroxylation sites is 1. The maximum atomic E-state index is 12.4. The van der Waals surface area contributed by atoms with E-state index in [1.54, 1.807) is 24.3 Å². The number of nitrogens with one attached hydrogen (secondary N) is 1. The molecule has 0 aliphatic rings. The first-order valence-electron chi connectivity index (χ1n) is 7.97. The number of amides is 2. The molecular formula is C18H21N3O4S. The monoisotopic (exact) mass is 375 g/mol. The molecule has 0 aliphatic heterocycles. The number of sulfonamides is 1. The third-order valence-electron chi connectivity index (χ3n) is 3.79. The number of carbonyl (C=O) groups excluding carboxylic acids is 2. The van der Waals surface area contributed by atoms with Crippen LogP contribution in [0.2, 0.25) is 0 Å². The van der Waals surface area contributed by atoms with Gasteiger partial charge in [-0.05, 0) is 36.2 Å². The first kappa shape index (κ1) is 19.5. The summed E-state index contributed by atoms with van der Waals surface area (Å²) in [4.78, 5) is 23.8. The number of nitrogens with two attached hydrogens (primary N) is 1. The molecule has 0 spiro atoms. The van der Waals surface area contributed by atoms with Gasteiger partial charge in [0.05, 0.1) is 23.2 Å². The second-order valence-corrected chi connectivity index (χ2v) is 7.65. The summed E-state index contributed by atoms with van der Waals surface area (Å²) in [5.41, 5.74) is 7.12. The average molecular weight is 375 g/mol. The van der Waals surface area contributed by atoms with Gasteiger partial charge in [0.15, 0.2) is 0 Å². The van der Waals surface area contributed by atoms with Gasteiger partial charge in [-0.15, -0.1) is 0 Å². The highest BCUT2D eigenvalue weighted by Crippen LogP contribution is 2.19. The Balaban J connectivity index is 2.24. The van der Waals surface area contributed by atoms with Gasteiger partial charge >= 0.3 is 0 Å². The predicted molar refractivity (Wildman–Crippen MR) is 102 cm³/mol. The highest BCUT2D eigenvalue weighted by molar-refractivity contribution is 7.92. The van der Waals surface area contributed by atoms with Crippen LogP contribution < -0.4 is 15.4 Å². The van der Waals surface area contributed by atoms with Gasteiger partial charge in [0.1, 0.15) is 6.54 Å². The van der Waals surface area contributed by atoms with Gasteiger partial charge in [0.25, 0.3) is 5.91 Å². The molecule has 0 atom stereocenters. The Kier molecular flexibility index (Phi) is 5.99. The molecule has 2 amide bonds. The molecule has 7 nitrogen and oxygen atoms in total. The highest BCUT2D eigenvalue weighted by Gasteiger charge is 2.21. The molecule has 0 fully saturated rings. The molecule has 0 unspecified atom stereocenters. The van der Waals surface area contributed by atoms with E-state index >= 15 is 0 Å². The van der Waals surface area contributed by atoms with Crippen molar-refractivity contribution in [1.29, 1.82) is 0 Å². The lowest BCUT2D eigenvalue weighted by atomic mass is 10.1. The molecule has 2 rings (SSSR count). The zero-order valence-corrected chi connectivity index (χ0v) is 15.4. The van der Waals surface area contributed by atoms with Crippen molar-refractivity contribution in [1.82, 2.24) is 0 Å². The van der Waals surface area contributed by atoms with Crippen molar-refractivity contribution in [2.75, 3.05) is 22.4 Å². The summed E-state index contributed by atoms with van der Waals surface area (Å²) in [6.45, 7) is 1.57. The first-order chi connectivity index (χ1) is 12.2. The minimum atomic E-state index is -3.67.